The molecule has 1 amide bonds. The van der Waals surface area contributed by atoms with E-state index in [1.54, 1.807) is 0 Å². The molecule has 0 spiro atoms. The number of amides is 1. The maximum atomic E-state index is 12.3. The number of hydrogen-bond acceptors (Lipinski definition) is 2. The van der Waals surface area contributed by atoms with Gasteiger partial charge in [0.05, 0.1) is 0 Å². The molecule has 0 bridgehead atoms. The van der Waals surface area contributed by atoms with Gasteiger partial charge in [0.1, 0.15) is 0 Å². The molecule has 1 aliphatic rings. The second kappa shape index (κ2) is 9.71. The van der Waals surface area contributed by atoms with E-state index in [9.17, 15) is 4.79 Å². The quantitative estimate of drug-likeness (QED) is 0.442. The van der Waals surface area contributed by atoms with Gasteiger partial charge in [0.2, 0.25) is 5.91 Å². The number of carbonyl (C=O) groups is 1. The summed E-state index contributed by atoms with van der Waals surface area (Å²) in [6.45, 7) is 4.39. The normalized spacial score (nSPS) is 20.6. The molecule has 1 saturated carbocycles. The van der Waals surface area contributed by atoms with Gasteiger partial charge in [0.15, 0.2) is 0 Å². The Hall–Kier alpha value is -1.51. The second-order valence-corrected chi connectivity index (χ2v) is 7.43. The highest BCUT2D eigenvalue weighted by molar-refractivity contribution is 5.83. The zero-order valence-corrected chi connectivity index (χ0v) is 15.4. The van der Waals surface area contributed by atoms with Crippen LogP contribution in [0.4, 0.5) is 5.69 Å². The summed E-state index contributed by atoms with van der Waals surface area (Å²) in [6.07, 6.45) is 11.3. The monoisotopic (exact) mass is 330 g/mol. The average Bonchev–Trinajstić information content (AvgIpc) is 3.35. The molecule has 24 heavy (non-hydrogen) atoms. The maximum Gasteiger partial charge on any atom is 0.223 e. The van der Waals surface area contributed by atoms with Crippen LogP contribution in [0.5, 0.6) is 0 Å². The minimum atomic E-state index is 0.158. The van der Waals surface area contributed by atoms with Crippen molar-refractivity contribution >= 4 is 11.6 Å². The van der Waals surface area contributed by atoms with E-state index in [-0.39, 0.29) is 11.8 Å². The molecule has 2 rings (SSSR count). The fraction of sp³-hybridized carbons (Fsp3) is 0.667. The van der Waals surface area contributed by atoms with Crippen molar-refractivity contribution in [1.29, 1.82) is 0 Å². The lowest BCUT2D eigenvalue weighted by Crippen LogP contribution is -2.33. The summed E-state index contributed by atoms with van der Waals surface area (Å²) in [5.41, 5.74) is 7.74. The van der Waals surface area contributed by atoms with Gasteiger partial charge in [-0.15, -0.1) is 0 Å². The van der Waals surface area contributed by atoms with Crippen LogP contribution in [0.15, 0.2) is 24.3 Å². The van der Waals surface area contributed by atoms with Crippen molar-refractivity contribution < 1.29 is 4.79 Å². The number of unbranched alkanes of at least 4 members (excludes halogenated alkanes) is 6. The molecule has 0 saturated heterocycles. The smallest absolute Gasteiger partial charge is 0.223 e. The van der Waals surface area contributed by atoms with Gasteiger partial charge in [-0.05, 0) is 43.4 Å². The predicted octanol–water partition coefficient (Wildman–Crippen LogP) is 5.02. The number of nitrogens with one attached hydrogen (secondary N) is 1. The highest BCUT2D eigenvalue weighted by Gasteiger charge is 2.43. The molecule has 134 valence electrons. The molecule has 3 heteroatoms. The topological polar surface area (TPSA) is 55.1 Å². The Balaban J connectivity index is 1.58. The fourth-order valence-electron chi connectivity index (χ4n) is 3.43. The highest BCUT2D eigenvalue weighted by atomic mass is 16.2. The van der Waals surface area contributed by atoms with E-state index in [0.29, 0.717) is 12.0 Å². The molecule has 3 nitrogen and oxygen atoms in total. The third kappa shape index (κ3) is 6.18. The SMILES string of the molecule is CCCCCCCCCC(C)NC(=O)[C@@H]1C[C@H]1c1ccc(N)cc1. The van der Waals surface area contributed by atoms with Gasteiger partial charge in [-0.1, -0.05) is 64.0 Å². The van der Waals surface area contributed by atoms with Gasteiger partial charge in [0, 0.05) is 17.6 Å². The summed E-state index contributed by atoms with van der Waals surface area (Å²) >= 11 is 0. The third-order valence-corrected chi connectivity index (χ3v) is 5.12. The molecule has 3 N–H and O–H groups in total. The lowest BCUT2D eigenvalue weighted by atomic mass is 10.1. The van der Waals surface area contributed by atoms with E-state index in [2.05, 4.69) is 31.3 Å². The van der Waals surface area contributed by atoms with Gasteiger partial charge < -0.3 is 11.1 Å². The first-order chi connectivity index (χ1) is 11.6. The van der Waals surface area contributed by atoms with Crippen LogP contribution in [-0.4, -0.2) is 11.9 Å². The summed E-state index contributed by atoms with van der Waals surface area (Å²) in [6, 6.07) is 8.24. The standard InChI is InChI=1S/C21H34N2O/c1-3-4-5-6-7-8-9-10-16(2)23-21(24)20-15-19(20)17-11-13-18(22)14-12-17/h11-14,16,19-20H,3-10,15,22H2,1-2H3,(H,23,24)/t16?,19-,20+/m0/s1. The third-order valence-electron chi connectivity index (χ3n) is 5.12. The van der Waals surface area contributed by atoms with Crippen LogP contribution in [0.25, 0.3) is 0 Å². The van der Waals surface area contributed by atoms with E-state index in [0.717, 1.165) is 18.5 Å². The number of carbonyl (C=O) groups excluding carboxylic acids is 1. The van der Waals surface area contributed by atoms with Crippen LogP contribution >= 0.6 is 0 Å². The molecule has 1 fully saturated rings. The molecular formula is C21H34N2O. The molecule has 3 atom stereocenters. The van der Waals surface area contributed by atoms with E-state index in [1.807, 2.05) is 12.1 Å². The van der Waals surface area contributed by atoms with Crippen LogP contribution in [-0.2, 0) is 4.79 Å². The van der Waals surface area contributed by atoms with Crippen LogP contribution in [0.2, 0.25) is 0 Å². The van der Waals surface area contributed by atoms with Crippen molar-refractivity contribution in [2.24, 2.45) is 5.92 Å². The molecule has 1 aliphatic carbocycles. The van der Waals surface area contributed by atoms with E-state index in [4.69, 9.17) is 5.73 Å². The average molecular weight is 331 g/mol. The number of hydrogen-bond donors (Lipinski definition) is 2. The first-order valence-electron chi connectivity index (χ1n) is 9.77. The summed E-state index contributed by atoms with van der Waals surface area (Å²) in [7, 11) is 0. The van der Waals surface area contributed by atoms with Crippen molar-refractivity contribution in [3.63, 3.8) is 0 Å². The Bertz CT molecular complexity index is 497. The van der Waals surface area contributed by atoms with Gasteiger partial charge >= 0.3 is 0 Å². The van der Waals surface area contributed by atoms with Crippen molar-refractivity contribution in [2.75, 3.05) is 5.73 Å². The lowest BCUT2D eigenvalue weighted by molar-refractivity contribution is -0.123. The van der Waals surface area contributed by atoms with Crippen LogP contribution in [0.3, 0.4) is 0 Å². The number of nitrogen functional groups attached to an aromatic ring is 1. The predicted molar refractivity (Wildman–Crippen MR) is 102 cm³/mol. The second-order valence-electron chi connectivity index (χ2n) is 7.43. The Morgan fingerprint density at radius 1 is 1.12 bits per heavy atom. The molecule has 1 aromatic carbocycles. The number of rotatable bonds is 11. The zero-order chi connectivity index (χ0) is 17.4. The molecular weight excluding hydrogens is 296 g/mol. The molecule has 0 heterocycles. The van der Waals surface area contributed by atoms with Crippen molar-refractivity contribution in [3.05, 3.63) is 29.8 Å². The number of anilines is 1. The van der Waals surface area contributed by atoms with Gasteiger partial charge in [0.25, 0.3) is 0 Å². The Kier molecular flexibility index (Phi) is 7.61. The Morgan fingerprint density at radius 2 is 1.75 bits per heavy atom. The minimum Gasteiger partial charge on any atom is -0.399 e. The summed E-state index contributed by atoms with van der Waals surface area (Å²) in [4.78, 5) is 12.3. The largest absolute Gasteiger partial charge is 0.399 e. The fourth-order valence-corrected chi connectivity index (χ4v) is 3.43. The highest BCUT2D eigenvalue weighted by Crippen LogP contribution is 2.47. The number of benzene rings is 1. The van der Waals surface area contributed by atoms with E-state index in [1.165, 1.54) is 50.5 Å². The Morgan fingerprint density at radius 3 is 2.42 bits per heavy atom. The summed E-state index contributed by atoms with van der Waals surface area (Å²) in [5, 5.41) is 3.20. The van der Waals surface area contributed by atoms with Crippen molar-refractivity contribution in [3.8, 4) is 0 Å². The zero-order valence-electron chi connectivity index (χ0n) is 15.4. The lowest BCUT2D eigenvalue weighted by Gasteiger charge is -2.14. The molecule has 0 aliphatic heterocycles. The van der Waals surface area contributed by atoms with Crippen LogP contribution < -0.4 is 11.1 Å². The first-order valence-corrected chi connectivity index (χ1v) is 9.77. The number of nitrogens with two attached hydrogens (primary N) is 1. The molecule has 1 aromatic rings. The summed E-state index contributed by atoms with van der Waals surface area (Å²) in [5.74, 6) is 0.772. The van der Waals surface area contributed by atoms with E-state index < -0.39 is 0 Å². The molecule has 0 aromatic heterocycles. The van der Waals surface area contributed by atoms with Crippen molar-refractivity contribution in [2.45, 2.75) is 83.6 Å². The molecule has 1 unspecified atom stereocenters. The Labute approximate surface area is 147 Å². The maximum absolute atomic E-state index is 12.3. The van der Waals surface area contributed by atoms with Gasteiger partial charge in [-0.3, -0.25) is 4.79 Å². The van der Waals surface area contributed by atoms with Gasteiger partial charge in [-0.2, -0.15) is 0 Å². The summed E-state index contributed by atoms with van der Waals surface area (Å²) < 4.78 is 0. The van der Waals surface area contributed by atoms with Crippen molar-refractivity contribution in [1.82, 2.24) is 5.32 Å². The van der Waals surface area contributed by atoms with Crippen LogP contribution in [0, 0.1) is 5.92 Å². The first kappa shape index (κ1) is 18.8. The van der Waals surface area contributed by atoms with Crippen LogP contribution in [0.1, 0.15) is 83.1 Å². The molecule has 0 radical (unpaired) electrons. The van der Waals surface area contributed by atoms with Gasteiger partial charge in [-0.25, -0.2) is 0 Å². The minimum absolute atomic E-state index is 0.158. The van der Waals surface area contributed by atoms with E-state index >= 15 is 0 Å².